The van der Waals surface area contributed by atoms with E-state index in [2.05, 4.69) is 220 Å². The lowest BCUT2D eigenvalue weighted by molar-refractivity contribution is 0.305. The molecule has 68 heavy (non-hydrogen) atoms. The van der Waals surface area contributed by atoms with Gasteiger partial charge in [-0.25, -0.2) is 0 Å². The highest BCUT2D eigenvalue weighted by molar-refractivity contribution is 5.83. The zero-order chi connectivity index (χ0) is 47.5. The summed E-state index contributed by atoms with van der Waals surface area (Å²) in [6.45, 7) is 2.75. The van der Waals surface area contributed by atoms with Crippen LogP contribution in [0.25, 0.3) is 0 Å². The molecule has 0 amide bonds. The van der Waals surface area contributed by atoms with Gasteiger partial charge in [0.2, 0.25) is 0 Å². The molecule has 0 saturated carbocycles. The van der Waals surface area contributed by atoms with Crippen molar-refractivity contribution in [2.45, 2.75) is 19.8 Å². The molecule has 0 spiro atoms. The molecule has 7 aromatic carbocycles. The molecule has 0 radical (unpaired) electrons. The number of allylic oxidation sites excluding steroid dienone is 6. The van der Waals surface area contributed by atoms with Gasteiger partial charge in [-0.15, -0.1) is 0 Å². The van der Waals surface area contributed by atoms with Crippen molar-refractivity contribution >= 4 is 56.9 Å². The summed E-state index contributed by atoms with van der Waals surface area (Å²) in [6, 6.07) is 65.9. The number of anilines is 10. The van der Waals surface area contributed by atoms with Gasteiger partial charge in [0.05, 0.1) is 21.3 Å². The lowest BCUT2D eigenvalue weighted by atomic mass is 10.1. The summed E-state index contributed by atoms with van der Waals surface area (Å²) in [6.07, 6.45) is 16.5. The molecule has 0 atom stereocenters. The van der Waals surface area contributed by atoms with Crippen molar-refractivity contribution in [2.75, 3.05) is 54.5 Å². The predicted octanol–water partition coefficient (Wildman–Crippen LogP) is 15.4. The number of para-hydroxylation sites is 3. The van der Waals surface area contributed by atoms with E-state index in [-0.39, 0.29) is 0 Å². The Kier molecular flexibility index (Phi) is 17.1. The summed E-state index contributed by atoms with van der Waals surface area (Å²) in [5.74, 6) is 2.43. The molecule has 0 fully saturated rings. The Morgan fingerprint density at radius 1 is 0.515 bits per heavy atom. The van der Waals surface area contributed by atoms with Crippen molar-refractivity contribution in [1.82, 2.24) is 0 Å². The second kappa shape index (κ2) is 24.4. The Morgan fingerprint density at radius 3 is 1.46 bits per heavy atom. The SMILES string of the molecule is CC/C=C\C(=C/CN(c1ccccc1)c1ccc(N(c2ccc(N(C3=CCC=CC(OC)=C3)c3ccccc3)cc2)c2ccc(N(c3ccccc3)c3cccc(OC)c3)cc2)cc1)OC.CN. The van der Waals surface area contributed by atoms with Crippen LogP contribution in [0.1, 0.15) is 19.8 Å². The molecule has 0 heterocycles. The molecule has 8 nitrogen and oxygen atoms in total. The Bertz CT molecular complexity index is 2790. The van der Waals surface area contributed by atoms with Crippen LogP contribution in [0, 0.1) is 0 Å². The van der Waals surface area contributed by atoms with Crippen molar-refractivity contribution in [3.63, 3.8) is 0 Å². The Labute approximate surface area is 403 Å². The Balaban J connectivity index is 0.00000338. The molecule has 8 rings (SSSR count). The van der Waals surface area contributed by atoms with E-state index < -0.39 is 0 Å². The Hall–Kier alpha value is -8.20. The molecule has 0 unspecified atom stereocenters. The van der Waals surface area contributed by atoms with Gasteiger partial charge in [-0.2, -0.15) is 0 Å². The van der Waals surface area contributed by atoms with Crippen LogP contribution in [-0.4, -0.2) is 34.9 Å². The molecule has 8 heteroatoms. The molecule has 0 bridgehead atoms. The highest BCUT2D eigenvalue weighted by atomic mass is 16.5. The van der Waals surface area contributed by atoms with Gasteiger partial charge in [-0.3, -0.25) is 0 Å². The molecular weight excluding hydrogens is 839 g/mol. The maximum Gasteiger partial charge on any atom is 0.120 e. The van der Waals surface area contributed by atoms with E-state index in [1.165, 1.54) is 7.05 Å². The summed E-state index contributed by atoms with van der Waals surface area (Å²) in [5.41, 5.74) is 15.9. The molecule has 1 aliphatic carbocycles. The monoisotopic (exact) mass is 899 g/mol. The fraction of sp³-hybridized carbons (Fsp3) is 0.133. The lowest BCUT2D eigenvalue weighted by Gasteiger charge is -2.30. The standard InChI is InChI=1S/C59H56N4O3.CH5N/c1-5-6-27-57(64-2)42-43-60(46-19-10-7-11-20-46)47-30-32-50(33-31-47)61(52-36-40-54(41-37-52)63(49-23-14-9-15-24-49)56-26-18-29-59(45-56)66-4)51-34-38-53(39-35-51)62(48-21-12-8-13-22-48)55-25-16-17-28-58(44-55)65-3;1-2/h6-15,17-42,44-45H,5,16,43H2,1-4H3;2H2,1H3/b27-6-,57-42+;. The van der Waals surface area contributed by atoms with Gasteiger partial charge >= 0.3 is 0 Å². The van der Waals surface area contributed by atoms with Gasteiger partial charge in [0.15, 0.2) is 0 Å². The molecule has 0 aliphatic heterocycles. The topological polar surface area (TPSA) is 66.7 Å². The van der Waals surface area contributed by atoms with Gasteiger partial charge in [0, 0.05) is 81.3 Å². The van der Waals surface area contributed by atoms with E-state index in [1.54, 1.807) is 21.3 Å². The first-order chi connectivity index (χ1) is 33.6. The number of hydrogen-bond acceptors (Lipinski definition) is 8. The third kappa shape index (κ3) is 11.8. The Morgan fingerprint density at radius 2 is 0.956 bits per heavy atom. The molecule has 2 N–H and O–H groups in total. The average Bonchev–Trinajstić information content (AvgIpc) is 3.66. The molecule has 0 saturated heterocycles. The van der Waals surface area contributed by atoms with Crippen molar-refractivity contribution in [2.24, 2.45) is 5.73 Å². The third-order valence-corrected chi connectivity index (χ3v) is 11.3. The molecule has 344 valence electrons. The van der Waals surface area contributed by atoms with Gasteiger partial charge in [0.25, 0.3) is 0 Å². The fourth-order valence-electron chi connectivity index (χ4n) is 8.04. The first-order valence-corrected chi connectivity index (χ1v) is 22.9. The number of ether oxygens (including phenoxy) is 3. The highest BCUT2D eigenvalue weighted by Gasteiger charge is 2.20. The molecular formula is C60H61N5O3. The van der Waals surface area contributed by atoms with E-state index in [0.29, 0.717) is 6.54 Å². The second-order valence-corrected chi connectivity index (χ2v) is 15.5. The number of rotatable bonds is 18. The molecule has 1 aliphatic rings. The minimum Gasteiger partial charge on any atom is -0.497 e. The van der Waals surface area contributed by atoms with Crippen molar-refractivity contribution in [3.05, 3.63) is 248 Å². The third-order valence-electron chi connectivity index (χ3n) is 11.3. The molecule has 0 aromatic heterocycles. The quantitative estimate of drug-likeness (QED) is 0.0675. The van der Waals surface area contributed by atoms with Crippen LogP contribution in [0.4, 0.5) is 56.9 Å². The van der Waals surface area contributed by atoms with Crippen molar-refractivity contribution in [3.8, 4) is 5.75 Å². The first kappa shape index (κ1) is 47.8. The van der Waals surface area contributed by atoms with Crippen molar-refractivity contribution in [1.29, 1.82) is 0 Å². The number of nitrogens with two attached hydrogens (primary N) is 1. The lowest BCUT2D eigenvalue weighted by Crippen LogP contribution is -2.18. The van der Waals surface area contributed by atoms with Crippen LogP contribution >= 0.6 is 0 Å². The number of benzene rings is 7. The van der Waals surface area contributed by atoms with Gasteiger partial charge in [0.1, 0.15) is 17.3 Å². The van der Waals surface area contributed by atoms with Gasteiger partial charge in [-0.1, -0.05) is 85.8 Å². The normalized spacial score (nSPS) is 12.2. The maximum absolute atomic E-state index is 5.72. The summed E-state index contributed by atoms with van der Waals surface area (Å²) in [7, 11) is 6.64. The molecule has 7 aromatic rings. The summed E-state index contributed by atoms with van der Waals surface area (Å²) >= 11 is 0. The highest BCUT2D eigenvalue weighted by Crippen LogP contribution is 2.42. The van der Waals surface area contributed by atoms with Crippen LogP contribution in [0.2, 0.25) is 0 Å². The van der Waals surface area contributed by atoms with Crippen LogP contribution in [0.5, 0.6) is 5.75 Å². The fourth-order valence-corrected chi connectivity index (χ4v) is 8.04. The van der Waals surface area contributed by atoms with Crippen LogP contribution < -0.4 is 30.1 Å². The van der Waals surface area contributed by atoms with Crippen molar-refractivity contribution < 1.29 is 14.2 Å². The smallest absolute Gasteiger partial charge is 0.120 e. The number of methoxy groups -OCH3 is 3. The van der Waals surface area contributed by atoms with Crippen LogP contribution in [0.15, 0.2) is 248 Å². The van der Waals surface area contributed by atoms with Gasteiger partial charge in [-0.05, 0) is 159 Å². The largest absolute Gasteiger partial charge is 0.497 e. The minimum atomic E-state index is 0.629. The number of nitrogens with zero attached hydrogens (tertiary/aromatic N) is 4. The van der Waals surface area contributed by atoms with E-state index in [1.807, 2.05) is 42.5 Å². The summed E-state index contributed by atoms with van der Waals surface area (Å²) < 4.78 is 17.1. The summed E-state index contributed by atoms with van der Waals surface area (Å²) in [4.78, 5) is 9.14. The number of hydrogen-bond donors (Lipinski definition) is 1. The van der Waals surface area contributed by atoms with Gasteiger partial charge < -0.3 is 39.5 Å². The predicted molar refractivity (Wildman–Crippen MR) is 286 cm³/mol. The van der Waals surface area contributed by atoms with Crippen LogP contribution in [0.3, 0.4) is 0 Å². The van der Waals surface area contributed by atoms with E-state index >= 15 is 0 Å². The zero-order valence-corrected chi connectivity index (χ0v) is 39.7. The second-order valence-electron chi connectivity index (χ2n) is 15.5. The zero-order valence-electron chi connectivity index (χ0n) is 39.7. The van der Waals surface area contributed by atoms with Crippen LogP contribution in [-0.2, 0) is 9.47 Å². The van der Waals surface area contributed by atoms with E-state index in [0.717, 1.165) is 92.7 Å². The average molecular weight is 900 g/mol. The first-order valence-electron chi connectivity index (χ1n) is 22.9. The maximum atomic E-state index is 5.72. The minimum absolute atomic E-state index is 0.629. The van der Waals surface area contributed by atoms with E-state index in [4.69, 9.17) is 14.2 Å². The van der Waals surface area contributed by atoms with E-state index in [9.17, 15) is 0 Å². The summed E-state index contributed by atoms with van der Waals surface area (Å²) in [5, 5.41) is 0.